The molecule has 0 atom stereocenters. The van der Waals surface area contributed by atoms with Gasteiger partial charge in [0.15, 0.2) is 0 Å². The number of carbonyl (C=O) groups excluding carboxylic acids is 1. The predicted octanol–water partition coefficient (Wildman–Crippen LogP) is 2.47. The van der Waals surface area contributed by atoms with E-state index in [2.05, 4.69) is 20.5 Å². The molecular weight excluding hydrogens is 289 g/mol. The normalized spacial score (nSPS) is 11.2. The van der Waals surface area contributed by atoms with E-state index in [0.29, 0.717) is 6.61 Å². The lowest BCUT2D eigenvalue weighted by Crippen LogP contribution is -2.14. The van der Waals surface area contributed by atoms with Gasteiger partial charge in [-0.1, -0.05) is 6.07 Å². The monoisotopic (exact) mass is 300 g/mol. The summed E-state index contributed by atoms with van der Waals surface area (Å²) in [4.78, 5) is 15.6. The summed E-state index contributed by atoms with van der Waals surface area (Å²) in [6.07, 6.45) is -4.51. The third-order valence-corrected chi connectivity index (χ3v) is 2.42. The lowest BCUT2D eigenvalue weighted by Gasteiger charge is -2.08. The number of benzene rings is 1. The van der Waals surface area contributed by atoms with Crippen molar-refractivity contribution in [2.45, 2.75) is 13.1 Å². The highest BCUT2D eigenvalue weighted by atomic mass is 19.4. The number of nitrogens with zero attached hydrogens (tertiary/aromatic N) is 2. The van der Waals surface area contributed by atoms with Crippen LogP contribution < -0.4 is 10.1 Å². The third-order valence-electron chi connectivity index (χ3n) is 2.42. The van der Waals surface area contributed by atoms with Crippen molar-refractivity contribution in [3.05, 3.63) is 35.4 Å². The smallest absolute Gasteiger partial charge is 0.416 e. The number of amides is 1. The second-order valence-electron chi connectivity index (χ2n) is 3.93. The number of anilines is 1. The van der Waals surface area contributed by atoms with E-state index >= 15 is 0 Å². The van der Waals surface area contributed by atoms with Gasteiger partial charge in [-0.2, -0.15) is 18.2 Å². The summed E-state index contributed by atoms with van der Waals surface area (Å²) in [6, 6.07) is 4.11. The summed E-state index contributed by atoms with van der Waals surface area (Å²) in [6.45, 7) is 2.08. The fourth-order valence-corrected chi connectivity index (χ4v) is 1.51. The number of ether oxygens (including phenoxy) is 1. The Kier molecular flexibility index (Phi) is 4.10. The van der Waals surface area contributed by atoms with Gasteiger partial charge in [0.1, 0.15) is 0 Å². The van der Waals surface area contributed by atoms with Gasteiger partial charge in [-0.05, 0) is 25.1 Å². The van der Waals surface area contributed by atoms with Crippen molar-refractivity contribution in [3.8, 4) is 6.01 Å². The van der Waals surface area contributed by atoms with E-state index in [1.54, 1.807) is 6.92 Å². The molecule has 1 aromatic heterocycles. The molecule has 0 spiro atoms. The summed E-state index contributed by atoms with van der Waals surface area (Å²) >= 11 is 0. The predicted molar refractivity (Wildman–Crippen MR) is 66.9 cm³/mol. The van der Waals surface area contributed by atoms with Gasteiger partial charge in [0.25, 0.3) is 5.91 Å². The highest BCUT2D eigenvalue weighted by molar-refractivity contribution is 6.03. The van der Waals surface area contributed by atoms with Crippen molar-refractivity contribution in [3.63, 3.8) is 0 Å². The fourth-order valence-electron chi connectivity index (χ4n) is 1.51. The minimum absolute atomic E-state index is 0.0131. The molecular formula is C12H11F3N4O2. The van der Waals surface area contributed by atoms with Crippen LogP contribution in [0.1, 0.15) is 22.8 Å². The first kappa shape index (κ1) is 14.8. The Bertz CT molecular complexity index is 639. The number of aromatic nitrogens is 3. The summed E-state index contributed by atoms with van der Waals surface area (Å²) in [5.74, 6) is -0.749. The Hall–Kier alpha value is -2.58. The number of halogens is 3. The lowest BCUT2D eigenvalue weighted by atomic mass is 10.1. The molecule has 2 N–H and O–H groups in total. The van der Waals surface area contributed by atoms with Gasteiger partial charge in [-0.3, -0.25) is 10.1 Å². The number of nitrogens with one attached hydrogen (secondary N) is 2. The van der Waals surface area contributed by atoms with Gasteiger partial charge in [-0.15, -0.1) is 5.10 Å². The maximum absolute atomic E-state index is 12.6. The minimum atomic E-state index is -4.51. The van der Waals surface area contributed by atoms with Crippen molar-refractivity contribution >= 4 is 11.9 Å². The molecule has 9 heteroatoms. The summed E-state index contributed by atoms with van der Waals surface area (Å²) < 4.78 is 42.7. The zero-order chi connectivity index (χ0) is 15.5. The fraction of sp³-hybridized carbons (Fsp3) is 0.250. The highest BCUT2D eigenvalue weighted by Gasteiger charge is 2.30. The van der Waals surface area contributed by atoms with E-state index in [4.69, 9.17) is 4.74 Å². The second kappa shape index (κ2) is 5.81. The number of alkyl halides is 3. The molecule has 0 radical (unpaired) electrons. The molecule has 112 valence electrons. The average molecular weight is 300 g/mol. The first-order valence-electron chi connectivity index (χ1n) is 5.94. The zero-order valence-corrected chi connectivity index (χ0v) is 10.9. The highest BCUT2D eigenvalue weighted by Crippen LogP contribution is 2.29. The molecule has 2 aromatic rings. The van der Waals surface area contributed by atoms with E-state index in [0.717, 1.165) is 18.2 Å². The van der Waals surface area contributed by atoms with Crippen LogP contribution in [-0.2, 0) is 6.18 Å². The van der Waals surface area contributed by atoms with Crippen LogP contribution in [0.5, 0.6) is 6.01 Å². The van der Waals surface area contributed by atoms with Crippen LogP contribution in [0, 0.1) is 0 Å². The lowest BCUT2D eigenvalue weighted by molar-refractivity contribution is -0.137. The minimum Gasteiger partial charge on any atom is -0.463 e. The third kappa shape index (κ3) is 3.71. The Labute approximate surface area is 117 Å². The van der Waals surface area contributed by atoms with Gasteiger partial charge < -0.3 is 4.74 Å². The molecule has 0 aliphatic rings. The van der Waals surface area contributed by atoms with Gasteiger partial charge in [-0.25, -0.2) is 5.10 Å². The molecule has 0 aliphatic carbocycles. The van der Waals surface area contributed by atoms with Crippen molar-refractivity contribution in [1.29, 1.82) is 0 Å². The molecule has 0 aliphatic heterocycles. The Morgan fingerprint density at radius 1 is 1.43 bits per heavy atom. The van der Waals surface area contributed by atoms with Gasteiger partial charge in [0.05, 0.1) is 12.2 Å². The summed E-state index contributed by atoms with van der Waals surface area (Å²) in [5, 5.41) is 8.35. The van der Waals surface area contributed by atoms with Crippen molar-refractivity contribution < 1.29 is 22.7 Å². The molecule has 0 saturated heterocycles. The SMILES string of the molecule is CCOc1n[nH]c(NC(=O)c2cccc(C(F)(F)F)c2)n1. The van der Waals surface area contributed by atoms with Crippen molar-refractivity contribution in [2.24, 2.45) is 0 Å². The van der Waals surface area contributed by atoms with Crippen LogP contribution >= 0.6 is 0 Å². The largest absolute Gasteiger partial charge is 0.463 e. The maximum atomic E-state index is 12.6. The van der Waals surface area contributed by atoms with E-state index in [1.165, 1.54) is 6.07 Å². The number of carbonyl (C=O) groups is 1. The van der Waals surface area contributed by atoms with Crippen LogP contribution in [0.3, 0.4) is 0 Å². The molecule has 0 unspecified atom stereocenters. The van der Waals surface area contributed by atoms with Crippen LogP contribution in [0.4, 0.5) is 19.1 Å². The molecule has 0 saturated carbocycles. The van der Waals surface area contributed by atoms with Crippen LogP contribution in [0.2, 0.25) is 0 Å². The number of aromatic amines is 1. The number of hydrogen-bond acceptors (Lipinski definition) is 4. The molecule has 6 nitrogen and oxygen atoms in total. The van der Waals surface area contributed by atoms with Crippen LogP contribution in [-0.4, -0.2) is 27.7 Å². The van der Waals surface area contributed by atoms with Gasteiger partial charge in [0, 0.05) is 5.56 Å². The standard InChI is InChI=1S/C12H11F3N4O2/c1-2-21-11-17-10(18-19-11)16-9(20)7-4-3-5-8(6-7)12(13,14)15/h3-6H,2H2,1H3,(H2,16,17,18,19,20). The molecule has 2 rings (SSSR count). The van der Waals surface area contributed by atoms with E-state index < -0.39 is 17.6 Å². The van der Waals surface area contributed by atoms with Gasteiger partial charge in [0.2, 0.25) is 5.95 Å². The maximum Gasteiger partial charge on any atom is 0.416 e. The number of hydrogen-bond donors (Lipinski definition) is 2. The topological polar surface area (TPSA) is 79.9 Å². The first-order chi connectivity index (χ1) is 9.90. The summed E-state index contributed by atoms with van der Waals surface area (Å²) in [5.41, 5.74) is -1.04. The Morgan fingerprint density at radius 3 is 2.86 bits per heavy atom. The molecule has 0 fully saturated rings. The number of H-pyrrole nitrogens is 1. The van der Waals surface area contributed by atoms with Crippen LogP contribution in [0.25, 0.3) is 0 Å². The molecule has 0 bridgehead atoms. The Balaban J connectivity index is 2.12. The average Bonchev–Trinajstić information content (AvgIpc) is 2.86. The first-order valence-corrected chi connectivity index (χ1v) is 5.94. The number of rotatable bonds is 4. The molecule has 1 amide bonds. The molecule has 1 aromatic carbocycles. The quantitative estimate of drug-likeness (QED) is 0.909. The van der Waals surface area contributed by atoms with E-state index in [9.17, 15) is 18.0 Å². The second-order valence-corrected chi connectivity index (χ2v) is 3.93. The zero-order valence-electron chi connectivity index (χ0n) is 10.9. The molecule has 1 heterocycles. The van der Waals surface area contributed by atoms with Gasteiger partial charge >= 0.3 is 12.2 Å². The molecule has 21 heavy (non-hydrogen) atoms. The van der Waals surface area contributed by atoms with Crippen molar-refractivity contribution in [2.75, 3.05) is 11.9 Å². The Morgan fingerprint density at radius 2 is 2.19 bits per heavy atom. The van der Waals surface area contributed by atoms with Crippen molar-refractivity contribution in [1.82, 2.24) is 15.2 Å². The summed E-state index contributed by atoms with van der Waals surface area (Å²) in [7, 11) is 0. The van der Waals surface area contributed by atoms with E-state index in [-0.39, 0.29) is 17.5 Å². The van der Waals surface area contributed by atoms with Crippen LogP contribution in [0.15, 0.2) is 24.3 Å². The van der Waals surface area contributed by atoms with E-state index in [1.807, 2.05) is 0 Å².